The minimum absolute atomic E-state index is 0. The van der Waals surface area contributed by atoms with Crippen LogP contribution in [0.25, 0.3) is 51.2 Å². The van der Waals surface area contributed by atoms with Crippen molar-refractivity contribution in [2.75, 3.05) is 0 Å². The molecule has 0 bridgehead atoms. The van der Waals surface area contributed by atoms with Crippen LogP contribution in [0.3, 0.4) is 0 Å². The minimum atomic E-state index is 0. The smallest absolute Gasteiger partial charge is 0.320 e. The average Bonchev–Trinajstić information content (AvgIpc) is 4.13. The van der Waals surface area contributed by atoms with Crippen LogP contribution >= 0.6 is 0 Å². The van der Waals surface area contributed by atoms with Crippen LogP contribution in [0.4, 0.5) is 0 Å². The Morgan fingerprint density at radius 3 is 0.900 bits per heavy atom. The second-order valence-electron chi connectivity index (χ2n) is 17.7. The molecule has 0 aliphatic carbocycles. The van der Waals surface area contributed by atoms with Crippen LogP contribution in [0, 0.1) is 39.0 Å². The Balaban J connectivity index is 0.00000608. The van der Waals surface area contributed by atoms with E-state index in [4.69, 9.17) is 30.6 Å². The zero-order valence-corrected chi connectivity index (χ0v) is 42.2. The van der Waals surface area contributed by atoms with Crippen molar-refractivity contribution >= 4 is 0 Å². The zero-order chi connectivity index (χ0) is 46.9. The van der Waals surface area contributed by atoms with E-state index in [-0.39, 0.29) is 20.1 Å². The van der Waals surface area contributed by atoms with E-state index in [1.165, 1.54) is 33.4 Å². The summed E-state index contributed by atoms with van der Waals surface area (Å²) < 4.78 is 6.66. The first-order valence-electron chi connectivity index (χ1n) is 24.0. The minimum Gasteiger partial charge on any atom is -0.320 e. The SMILES string of the molecule is Cc1ccccc1-n1c(CCCc2cc(CCCc3nnc(-c4[c-]cccc4)n3-c3ccccc3C)cc(CCCc3nnc(-c4[c-]cccc4)n3-c3ccccc3C)c2)nnc1-c1[c-]cccc1.[Ir+3]. The van der Waals surface area contributed by atoms with Crippen molar-refractivity contribution in [3.05, 3.63) is 233 Å². The van der Waals surface area contributed by atoms with Crippen LogP contribution in [-0.2, 0) is 58.6 Å². The summed E-state index contributed by atoms with van der Waals surface area (Å²) in [6.45, 7) is 6.43. The van der Waals surface area contributed by atoms with Crippen molar-refractivity contribution in [2.24, 2.45) is 0 Å². The van der Waals surface area contributed by atoms with E-state index >= 15 is 0 Å². The summed E-state index contributed by atoms with van der Waals surface area (Å²) in [7, 11) is 0. The summed E-state index contributed by atoms with van der Waals surface area (Å²) in [5.74, 6) is 5.27. The number of benzene rings is 7. The molecule has 348 valence electrons. The number of rotatable bonds is 18. The molecule has 3 aromatic heterocycles. The third-order valence-corrected chi connectivity index (χ3v) is 12.8. The van der Waals surface area contributed by atoms with E-state index in [0.29, 0.717) is 0 Å². The van der Waals surface area contributed by atoms with Crippen LogP contribution in [-0.4, -0.2) is 44.3 Å². The predicted molar refractivity (Wildman–Crippen MR) is 274 cm³/mol. The summed E-state index contributed by atoms with van der Waals surface area (Å²) in [5, 5.41) is 28.6. The van der Waals surface area contributed by atoms with E-state index in [9.17, 15) is 0 Å². The molecule has 10 aromatic rings. The van der Waals surface area contributed by atoms with E-state index in [1.807, 2.05) is 54.6 Å². The number of aromatic nitrogens is 9. The van der Waals surface area contributed by atoms with Crippen molar-refractivity contribution in [3.63, 3.8) is 0 Å². The molecule has 10 heteroatoms. The molecule has 9 nitrogen and oxygen atoms in total. The van der Waals surface area contributed by atoms with Gasteiger partial charge in [0.05, 0.1) is 17.5 Å². The fourth-order valence-corrected chi connectivity index (χ4v) is 9.38. The molecular formula is C60H54IrN9. The molecule has 0 aliphatic rings. The molecule has 0 saturated carbocycles. The summed E-state index contributed by atoms with van der Waals surface area (Å²) in [6, 6.07) is 66.7. The molecule has 0 radical (unpaired) electrons. The first-order valence-corrected chi connectivity index (χ1v) is 24.0. The molecule has 0 amide bonds. The van der Waals surface area contributed by atoms with Gasteiger partial charge in [0.2, 0.25) is 0 Å². The van der Waals surface area contributed by atoms with Crippen LogP contribution in [0.5, 0.6) is 0 Å². The Labute approximate surface area is 424 Å². The molecule has 0 aliphatic heterocycles. The molecule has 0 N–H and O–H groups in total. The van der Waals surface area contributed by atoms with E-state index < -0.39 is 0 Å². The van der Waals surface area contributed by atoms with E-state index in [2.05, 4.69) is 162 Å². The average molecular weight is 1090 g/mol. The second kappa shape index (κ2) is 22.4. The van der Waals surface area contributed by atoms with Gasteiger partial charge in [-0.05, 0) is 111 Å². The fraction of sp³-hybridized carbons (Fsp3) is 0.200. The molecule has 7 aromatic carbocycles. The first-order chi connectivity index (χ1) is 34.0. The monoisotopic (exact) mass is 1090 g/mol. The third kappa shape index (κ3) is 10.6. The molecular weight excluding hydrogens is 1040 g/mol. The number of para-hydroxylation sites is 3. The number of hydrogen-bond donors (Lipinski definition) is 0. The van der Waals surface area contributed by atoms with Gasteiger partial charge >= 0.3 is 20.1 Å². The Morgan fingerprint density at radius 1 is 0.343 bits per heavy atom. The molecule has 0 saturated heterocycles. The van der Waals surface area contributed by atoms with Gasteiger partial charge in [0.15, 0.2) is 0 Å². The molecule has 0 unspecified atom stereocenters. The number of nitrogens with zero attached hydrogens (tertiary/aromatic N) is 9. The Hall–Kier alpha value is -7.39. The largest absolute Gasteiger partial charge is 3.00 e. The van der Waals surface area contributed by atoms with Crippen molar-refractivity contribution in [1.82, 2.24) is 44.3 Å². The molecule has 0 atom stereocenters. The maximum atomic E-state index is 4.79. The van der Waals surface area contributed by atoms with E-state index in [0.717, 1.165) is 126 Å². The first kappa shape index (κ1) is 47.7. The van der Waals surface area contributed by atoms with Gasteiger partial charge in [0.25, 0.3) is 0 Å². The van der Waals surface area contributed by atoms with Crippen LogP contribution in [0.1, 0.15) is 70.1 Å². The Kier molecular flexibility index (Phi) is 15.2. The van der Waals surface area contributed by atoms with Gasteiger partial charge in [-0.2, -0.15) is 15.3 Å². The van der Waals surface area contributed by atoms with Gasteiger partial charge in [0.1, 0.15) is 17.5 Å². The summed E-state index contributed by atoms with van der Waals surface area (Å²) in [5.41, 5.74) is 13.6. The summed E-state index contributed by atoms with van der Waals surface area (Å²) >= 11 is 0. The normalized spacial score (nSPS) is 11.2. The molecule has 0 fully saturated rings. The number of aryl methyl sites for hydroxylation is 9. The fourth-order valence-electron chi connectivity index (χ4n) is 9.38. The quantitative estimate of drug-likeness (QED) is 0.0795. The van der Waals surface area contributed by atoms with Gasteiger partial charge in [-0.25, -0.2) is 0 Å². The summed E-state index contributed by atoms with van der Waals surface area (Å²) in [6.07, 6.45) is 7.81. The van der Waals surface area contributed by atoms with Crippen LogP contribution < -0.4 is 0 Å². The van der Waals surface area contributed by atoms with Gasteiger partial charge in [-0.3, -0.25) is 0 Å². The maximum absolute atomic E-state index is 4.79. The van der Waals surface area contributed by atoms with E-state index in [1.54, 1.807) is 0 Å². The van der Waals surface area contributed by atoms with Crippen molar-refractivity contribution in [3.8, 4) is 51.2 Å². The maximum Gasteiger partial charge on any atom is 3.00 e. The molecule has 10 rings (SSSR count). The van der Waals surface area contributed by atoms with Gasteiger partial charge in [0, 0.05) is 36.3 Å². The molecule has 3 heterocycles. The van der Waals surface area contributed by atoms with Crippen LogP contribution in [0.15, 0.2) is 164 Å². The Morgan fingerprint density at radius 2 is 0.629 bits per heavy atom. The van der Waals surface area contributed by atoms with Gasteiger partial charge in [-0.15, -0.1) is 123 Å². The topological polar surface area (TPSA) is 92.1 Å². The number of hydrogen-bond acceptors (Lipinski definition) is 6. The summed E-state index contributed by atoms with van der Waals surface area (Å²) in [4.78, 5) is 0. The molecule has 70 heavy (non-hydrogen) atoms. The van der Waals surface area contributed by atoms with Crippen LogP contribution in [0.2, 0.25) is 0 Å². The van der Waals surface area contributed by atoms with Crippen molar-refractivity contribution in [1.29, 1.82) is 0 Å². The van der Waals surface area contributed by atoms with Gasteiger partial charge < -0.3 is 13.7 Å². The Bertz CT molecular complexity index is 2940. The van der Waals surface area contributed by atoms with Gasteiger partial charge in [-0.1, -0.05) is 72.8 Å². The predicted octanol–water partition coefficient (Wildman–Crippen LogP) is 12.3. The zero-order valence-electron chi connectivity index (χ0n) is 39.8. The van der Waals surface area contributed by atoms with Crippen molar-refractivity contribution in [2.45, 2.75) is 78.6 Å². The second-order valence-corrected chi connectivity index (χ2v) is 17.7. The van der Waals surface area contributed by atoms with Crippen molar-refractivity contribution < 1.29 is 20.1 Å². The standard InChI is InChI=1S/C60H54N9.Ir/c1-43-22-13-16-34-52(43)67-55(61-64-58(67)49-28-7-4-8-29-49)37-19-25-46-40-47(26-20-38-56-62-65-59(50-30-9-5-10-31-50)68(56)53-35-17-14-23-44(53)2)42-48(41-46)27-21-39-57-63-66-60(51-32-11-6-12-33-51)69(57)54-36-18-15-24-45(54)3;/h4-18,22-24,28,30,32,34-36,40-42H,19-21,25-27,37-39H2,1-3H3;/q-3;+3. The molecule has 0 spiro atoms. The third-order valence-electron chi connectivity index (χ3n) is 12.8.